The van der Waals surface area contributed by atoms with Gasteiger partial charge in [-0.25, -0.2) is 9.79 Å². The summed E-state index contributed by atoms with van der Waals surface area (Å²) in [5, 5.41) is 6.07. The minimum absolute atomic E-state index is 0.0627. The van der Waals surface area contributed by atoms with Crippen LogP contribution in [0.4, 0.5) is 5.69 Å². The number of hydrogen-bond donors (Lipinski definition) is 0. The lowest BCUT2D eigenvalue weighted by molar-refractivity contribution is -0.130. The molecule has 7 heteroatoms. The van der Waals surface area contributed by atoms with Crippen molar-refractivity contribution in [3.05, 3.63) is 77.0 Å². The van der Waals surface area contributed by atoms with E-state index in [-0.39, 0.29) is 17.5 Å². The number of anilines is 1. The van der Waals surface area contributed by atoms with Crippen LogP contribution >= 0.6 is 11.6 Å². The fourth-order valence-corrected chi connectivity index (χ4v) is 3.07. The number of aliphatic imine (C=N–C) groups is 1. The fourth-order valence-electron chi connectivity index (χ4n) is 2.86. The highest BCUT2D eigenvalue weighted by molar-refractivity contribution is 6.34. The van der Waals surface area contributed by atoms with Gasteiger partial charge in [0.25, 0.3) is 5.91 Å². The van der Waals surface area contributed by atoms with Crippen LogP contribution in [-0.2, 0) is 14.3 Å². The molecule has 1 amide bonds. The Bertz CT molecular complexity index is 1030. The molecule has 6 nitrogen and oxygen atoms in total. The maximum absolute atomic E-state index is 12.8. The van der Waals surface area contributed by atoms with E-state index in [2.05, 4.69) is 10.1 Å². The van der Waals surface area contributed by atoms with Crippen molar-refractivity contribution in [1.82, 2.24) is 0 Å². The second-order valence-corrected chi connectivity index (χ2v) is 6.45. The lowest BCUT2D eigenvalue weighted by atomic mass is 10.0. The SMILES string of the molecule is CC1=NN(c2ccccc2)C(=O)[C@@H]1/C=C1\N=C(c2ccccc2Cl)OC1=O. The number of para-hydroxylation sites is 1. The van der Waals surface area contributed by atoms with Crippen LogP contribution in [0.3, 0.4) is 0 Å². The number of hydrazone groups is 1. The highest BCUT2D eigenvalue weighted by Crippen LogP contribution is 2.27. The van der Waals surface area contributed by atoms with Gasteiger partial charge in [0.05, 0.1) is 22.0 Å². The number of halogens is 1. The molecular formula is C20H14ClN3O3. The Morgan fingerprint density at radius 1 is 1.07 bits per heavy atom. The second kappa shape index (κ2) is 6.81. The Morgan fingerprint density at radius 3 is 2.52 bits per heavy atom. The van der Waals surface area contributed by atoms with Gasteiger partial charge in [-0.15, -0.1) is 0 Å². The molecule has 0 saturated carbocycles. The van der Waals surface area contributed by atoms with Crippen LogP contribution in [0, 0.1) is 5.92 Å². The van der Waals surface area contributed by atoms with E-state index in [1.165, 1.54) is 11.1 Å². The van der Waals surface area contributed by atoms with Gasteiger partial charge < -0.3 is 4.74 Å². The van der Waals surface area contributed by atoms with E-state index >= 15 is 0 Å². The largest absolute Gasteiger partial charge is 0.402 e. The van der Waals surface area contributed by atoms with E-state index < -0.39 is 11.9 Å². The van der Waals surface area contributed by atoms with Crippen molar-refractivity contribution in [2.45, 2.75) is 6.92 Å². The first-order valence-electron chi connectivity index (χ1n) is 8.26. The molecule has 0 fully saturated rings. The first-order chi connectivity index (χ1) is 13.0. The van der Waals surface area contributed by atoms with Crippen molar-refractivity contribution in [1.29, 1.82) is 0 Å². The summed E-state index contributed by atoms with van der Waals surface area (Å²) in [7, 11) is 0. The Balaban J connectivity index is 1.64. The van der Waals surface area contributed by atoms with Crippen molar-refractivity contribution in [2.75, 3.05) is 5.01 Å². The number of rotatable bonds is 3. The number of carbonyl (C=O) groups is 2. The number of benzene rings is 2. The van der Waals surface area contributed by atoms with Crippen LogP contribution in [0.1, 0.15) is 12.5 Å². The van der Waals surface area contributed by atoms with Gasteiger partial charge in [0.15, 0.2) is 0 Å². The molecule has 0 spiro atoms. The van der Waals surface area contributed by atoms with Gasteiger partial charge in [-0.2, -0.15) is 10.1 Å². The van der Waals surface area contributed by atoms with E-state index in [1.54, 1.807) is 43.3 Å². The quantitative estimate of drug-likeness (QED) is 0.604. The summed E-state index contributed by atoms with van der Waals surface area (Å²) in [4.78, 5) is 29.2. The highest BCUT2D eigenvalue weighted by atomic mass is 35.5. The molecule has 2 heterocycles. The van der Waals surface area contributed by atoms with Gasteiger partial charge in [0.1, 0.15) is 11.6 Å². The van der Waals surface area contributed by atoms with Crippen molar-refractivity contribution in [2.24, 2.45) is 16.0 Å². The van der Waals surface area contributed by atoms with E-state index in [0.717, 1.165) is 0 Å². The van der Waals surface area contributed by atoms with Gasteiger partial charge in [-0.3, -0.25) is 4.79 Å². The predicted octanol–water partition coefficient (Wildman–Crippen LogP) is 3.57. The van der Waals surface area contributed by atoms with Gasteiger partial charge in [-0.05, 0) is 37.3 Å². The molecule has 2 aliphatic rings. The summed E-state index contributed by atoms with van der Waals surface area (Å²) in [6.45, 7) is 1.74. The van der Waals surface area contributed by atoms with E-state index in [0.29, 0.717) is 22.0 Å². The third-order valence-electron chi connectivity index (χ3n) is 4.23. The van der Waals surface area contributed by atoms with Crippen LogP contribution in [-0.4, -0.2) is 23.5 Å². The molecule has 2 aromatic carbocycles. The molecule has 0 aliphatic carbocycles. The first kappa shape index (κ1) is 17.2. The molecule has 27 heavy (non-hydrogen) atoms. The summed E-state index contributed by atoms with van der Waals surface area (Å²) < 4.78 is 5.23. The number of nitrogens with zero attached hydrogens (tertiary/aromatic N) is 3. The smallest absolute Gasteiger partial charge is 0.363 e. The summed E-state index contributed by atoms with van der Waals surface area (Å²) >= 11 is 6.13. The number of cyclic esters (lactones) is 1. The molecule has 2 aliphatic heterocycles. The number of esters is 1. The van der Waals surface area contributed by atoms with E-state index in [4.69, 9.17) is 16.3 Å². The van der Waals surface area contributed by atoms with Crippen molar-refractivity contribution >= 4 is 40.8 Å². The van der Waals surface area contributed by atoms with Crippen LogP contribution in [0.25, 0.3) is 0 Å². The van der Waals surface area contributed by atoms with Crippen LogP contribution in [0.5, 0.6) is 0 Å². The summed E-state index contributed by atoms with van der Waals surface area (Å²) in [5.41, 5.74) is 1.82. The van der Waals surface area contributed by atoms with Crippen molar-refractivity contribution in [3.8, 4) is 0 Å². The zero-order chi connectivity index (χ0) is 19.0. The molecule has 134 valence electrons. The van der Waals surface area contributed by atoms with Crippen molar-refractivity contribution in [3.63, 3.8) is 0 Å². The summed E-state index contributed by atoms with van der Waals surface area (Å²) in [6.07, 6.45) is 1.48. The average Bonchev–Trinajstić information content (AvgIpc) is 3.17. The molecule has 0 saturated heterocycles. The molecule has 0 N–H and O–H groups in total. The Morgan fingerprint density at radius 2 is 1.78 bits per heavy atom. The van der Waals surface area contributed by atoms with Crippen LogP contribution < -0.4 is 5.01 Å². The lowest BCUT2D eigenvalue weighted by Crippen LogP contribution is -2.26. The zero-order valence-electron chi connectivity index (χ0n) is 14.3. The van der Waals surface area contributed by atoms with E-state index in [1.807, 2.05) is 18.2 Å². The number of amides is 1. The van der Waals surface area contributed by atoms with Gasteiger partial charge in [0, 0.05) is 0 Å². The minimum atomic E-state index is -0.679. The zero-order valence-corrected chi connectivity index (χ0v) is 15.1. The third-order valence-corrected chi connectivity index (χ3v) is 4.56. The summed E-state index contributed by atoms with van der Waals surface area (Å²) in [6, 6.07) is 16.0. The van der Waals surface area contributed by atoms with Crippen molar-refractivity contribution < 1.29 is 14.3 Å². The maximum Gasteiger partial charge on any atom is 0.363 e. The van der Waals surface area contributed by atoms with Gasteiger partial charge in [-0.1, -0.05) is 41.9 Å². The molecule has 0 unspecified atom stereocenters. The minimum Gasteiger partial charge on any atom is -0.402 e. The molecule has 0 bridgehead atoms. The molecule has 1 atom stereocenters. The number of carbonyl (C=O) groups excluding carboxylic acids is 2. The van der Waals surface area contributed by atoms with Crippen LogP contribution in [0.2, 0.25) is 5.02 Å². The summed E-state index contributed by atoms with van der Waals surface area (Å²) in [5.74, 6) is -1.43. The second-order valence-electron chi connectivity index (χ2n) is 6.04. The lowest BCUT2D eigenvalue weighted by Gasteiger charge is -2.12. The Kier molecular flexibility index (Phi) is 4.33. The molecule has 0 aromatic heterocycles. The van der Waals surface area contributed by atoms with Crippen LogP contribution in [0.15, 0.2) is 76.5 Å². The normalized spacial score (nSPS) is 20.7. The highest BCUT2D eigenvalue weighted by Gasteiger charge is 2.35. The monoisotopic (exact) mass is 379 g/mol. The Hall–Kier alpha value is -3.25. The molecule has 2 aromatic rings. The topological polar surface area (TPSA) is 71.3 Å². The van der Waals surface area contributed by atoms with Gasteiger partial charge >= 0.3 is 5.97 Å². The van der Waals surface area contributed by atoms with E-state index in [9.17, 15) is 9.59 Å². The molecular weight excluding hydrogens is 366 g/mol. The first-order valence-corrected chi connectivity index (χ1v) is 8.64. The standard InChI is InChI=1S/C20H14ClN3O3/c1-12-15(19(25)24(23-12)13-7-3-2-4-8-13)11-17-20(26)27-18(22-17)14-9-5-6-10-16(14)21/h2-11,15H,1H3/b17-11-/t15-/m1/s1. The molecule has 0 radical (unpaired) electrons. The molecule has 4 rings (SSSR count). The number of ether oxygens (including phenoxy) is 1. The van der Waals surface area contributed by atoms with Gasteiger partial charge in [0.2, 0.25) is 5.90 Å². The average molecular weight is 380 g/mol. The fraction of sp³-hybridized carbons (Fsp3) is 0.100. The third kappa shape index (κ3) is 3.15. The maximum atomic E-state index is 12.8. The Labute approximate surface area is 160 Å². The predicted molar refractivity (Wildman–Crippen MR) is 103 cm³/mol. The number of hydrogen-bond acceptors (Lipinski definition) is 5.